The molecule has 0 aromatic heterocycles. The summed E-state index contributed by atoms with van der Waals surface area (Å²) in [7, 11) is 3.31. The largest absolute Gasteiger partial charge is 0.497 e. The number of para-hydroxylation sites is 1. The predicted octanol–water partition coefficient (Wildman–Crippen LogP) is 6.36. The molecule has 0 saturated carbocycles. The molecule has 0 bridgehead atoms. The molecule has 0 aliphatic carbocycles. The Bertz CT molecular complexity index is 1150. The van der Waals surface area contributed by atoms with Crippen molar-refractivity contribution in [3.63, 3.8) is 0 Å². The Morgan fingerprint density at radius 3 is 1.78 bits per heavy atom. The van der Waals surface area contributed by atoms with E-state index >= 15 is 0 Å². The molecule has 0 saturated heterocycles. The fourth-order valence-corrected chi connectivity index (χ4v) is 3.74. The van der Waals surface area contributed by atoms with Crippen LogP contribution in [0, 0.1) is 0 Å². The first-order valence-corrected chi connectivity index (χ1v) is 10.5. The molecule has 162 valence electrons. The van der Waals surface area contributed by atoms with Crippen molar-refractivity contribution >= 4 is 0 Å². The molecule has 0 amide bonds. The smallest absolute Gasteiger partial charge is 0.143 e. The van der Waals surface area contributed by atoms with Crippen molar-refractivity contribution in [2.45, 2.75) is 6.42 Å². The van der Waals surface area contributed by atoms with Crippen molar-refractivity contribution in [3.05, 3.63) is 96.6 Å². The molecule has 0 atom stereocenters. The van der Waals surface area contributed by atoms with Gasteiger partial charge in [-0.3, -0.25) is 0 Å². The van der Waals surface area contributed by atoms with Crippen LogP contribution in [0.4, 0.5) is 0 Å². The second-order valence-electron chi connectivity index (χ2n) is 7.32. The Morgan fingerprint density at radius 2 is 1.22 bits per heavy atom. The Kier molecular flexibility index (Phi) is 6.73. The van der Waals surface area contributed by atoms with Gasteiger partial charge >= 0.3 is 0 Å². The van der Waals surface area contributed by atoms with Gasteiger partial charge in [-0.05, 0) is 59.5 Å². The van der Waals surface area contributed by atoms with E-state index in [9.17, 15) is 5.11 Å². The molecule has 0 spiro atoms. The summed E-state index contributed by atoms with van der Waals surface area (Å²) in [6.45, 7) is 0.0514. The van der Waals surface area contributed by atoms with Crippen LogP contribution in [0.2, 0.25) is 0 Å². The first-order chi connectivity index (χ1) is 15.7. The predicted molar refractivity (Wildman–Crippen MR) is 128 cm³/mol. The van der Waals surface area contributed by atoms with Gasteiger partial charge in [-0.1, -0.05) is 54.6 Å². The first kappa shape index (κ1) is 21.5. The zero-order valence-electron chi connectivity index (χ0n) is 18.2. The van der Waals surface area contributed by atoms with Crippen LogP contribution in [0.1, 0.15) is 5.56 Å². The van der Waals surface area contributed by atoms with E-state index in [0.717, 1.165) is 50.8 Å². The summed E-state index contributed by atoms with van der Waals surface area (Å²) in [4.78, 5) is 0. The molecule has 4 rings (SSSR count). The van der Waals surface area contributed by atoms with Crippen molar-refractivity contribution in [2.75, 3.05) is 20.8 Å². The highest BCUT2D eigenvalue weighted by Gasteiger charge is 2.19. The maximum absolute atomic E-state index is 9.72. The summed E-state index contributed by atoms with van der Waals surface area (Å²) < 4.78 is 17.2. The monoisotopic (exact) mass is 426 g/mol. The lowest BCUT2D eigenvalue weighted by atomic mass is 9.91. The lowest BCUT2D eigenvalue weighted by Crippen LogP contribution is -2.00. The lowest BCUT2D eigenvalue weighted by Gasteiger charge is -2.20. The molecule has 0 aliphatic heterocycles. The second-order valence-corrected chi connectivity index (χ2v) is 7.32. The number of hydrogen-bond donors (Lipinski definition) is 1. The second kappa shape index (κ2) is 10.0. The molecule has 32 heavy (non-hydrogen) atoms. The van der Waals surface area contributed by atoms with E-state index in [1.165, 1.54) is 0 Å². The molecule has 4 aromatic carbocycles. The van der Waals surface area contributed by atoms with Gasteiger partial charge in [0.2, 0.25) is 0 Å². The summed E-state index contributed by atoms with van der Waals surface area (Å²) in [6, 6.07) is 29.7. The van der Waals surface area contributed by atoms with E-state index in [4.69, 9.17) is 14.2 Å². The van der Waals surface area contributed by atoms with Crippen molar-refractivity contribution in [2.24, 2.45) is 0 Å². The van der Waals surface area contributed by atoms with Gasteiger partial charge in [0.1, 0.15) is 23.0 Å². The molecule has 4 heteroatoms. The normalized spacial score (nSPS) is 10.6. The minimum Gasteiger partial charge on any atom is -0.497 e. The molecule has 1 N–H and O–H groups in total. The molecule has 0 radical (unpaired) electrons. The summed E-state index contributed by atoms with van der Waals surface area (Å²) in [5, 5.41) is 9.72. The van der Waals surface area contributed by atoms with Gasteiger partial charge in [0.15, 0.2) is 0 Å². The average molecular weight is 427 g/mol. The lowest BCUT2D eigenvalue weighted by molar-refractivity contribution is 0.299. The summed E-state index contributed by atoms with van der Waals surface area (Å²) in [5.41, 5.74) is 4.95. The number of benzene rings is 4. The van der Waals surface area contributed by atoms with Crippen molar-refractivity contribution < 1.29 is 19.3 Å². The Labute approximate surface area is 188 Å². The fourth-order valence-electron chi connectivity index (χ4n) is 3.74. The van der Waals surface area contributed by atoms with E-state index in [1.807, 2.05) is 78.9 Å². The van der Waals surface area contributed by atoms with E-state index < -0.39 is 0 Å². The van der Waals surface area contributed by atoms with Gasteiger partial charge in [0, 0.05) is 17.7 Å². The quantitative estimate of drug-likeness (QED) is 0.356. The number of rotatable bonds is 8. The molecule has 0 aliphatic rings. The third-order valence-corrected chi connectivity index (χ3v) is 5.37. The third kappa shape index (κ3) is 4.61. The molecule has 4 aromatic rings. The van der Waals surface area contributed by atoms with Gasteiger partial charge in [0.25, 0.3) is 0 Å². The van der Waals surface area contributed by atoms with E-state index in [1.54, 1.807) is 14.2 Å². The fraction of sp³-hybridized carbons (Fsp3) is 0.143. The van der Waals surface area contributed by atoms with Crippen LogP contribution < -0.4 is 14.2 Å². The molecule has 0 heterocycles. The van der Waals surface area contributed by atoms with Crippen LogP contribution in [-0.4, -0.2) is 25.9 Å². The Morgan fingerprint density at radius 1 is 0.625 bits per heavy atom. The summed E-state index contributed by atoms with van der Waals surface area (Å²) >= 11 is 0. The van der Waals surface area contributed by atoms with Gasteiger partial charge in [-0.25, -0.2) is 0 Å². The number of ether oxygens (including phenoxy) is 3. The standard InChI is InChI=1S/C28H26O4/c1-30-23-13-8-20(9-14-23)26-17-12-22(18-19-29)27(21-10-15-24(31-2)16-11-21)28(26)32-25-6-4-3-5-7-25/h3-17,29H,18-19H2,1-2H3. The van der Waals surface area contributed by atoms with Crippen LogP contribution in [0.15, 0.2) is 91.0 Å². The highest BCUT2D eigenvalue weighted by molar-refractivity contribution is 5.85. The first-order valence-electron chi connectivity index (χ1n) is 10.5. The van der Waals surface area contributed by atoms with Crippen LogP contribution in [-0.2, 0) is 6.42 Å². The van der Waals surface area contributed by atoms with Crippen LogP contribution in [0.25, 0.3) is 22.3 Å². The summed E-state index contributed by atoms with van der Waals surface area (Å²) in [6.07, 6.45) is 0.523. The van der Waals surface area contributed by atoms with Crippen molar-refractivity contribution in [1.82, 2.24) is 0 Å². The molecular formula is C28H26O4. The molecule has 4 nitrogen and oxygen atoms in total. The van der Waals surface area contributed by atoms with E-state index in [-0.39, 0.29) is 6.61 Å². The zero-order chi connectivity index (χ0) is 22.3. The number of hydrogen-bond acceptors (Lipinski definition) is 4. The van der Waals surface area contributed by atoms with Gasteiger partial charge in [-0.15, -0.1) is 0 Å². The third-order valence-electron chi connectivity index (χ3n) is 5.37. The Hall–Kier alpha value is -3.76. The molecule has 0 unspecified atom stereocenters. The van der Waals surface area contributed by atoms with Crippen molar-refractivity contribution in [1.29, 1.82) is 0 Å². The maximum Gasteiger partial charge on any atom is 0.143 e. The average Bonchev–Trinajstić information content (AvgIpc) is 2.85. The molecule has 0 fully saturated rings. The summed E-state index contributed by atoms with van der Waals surface area (Å²) in [5.74, 6) is 3.08. The number of aliphatic hydroxyl groups excluding tert-OH is 1. The zero-order valence-corrected chi connectivity index (χ0v) is 18.2. The van der Waals surface area contributed by atoms with Crippen molar-refractivity contribution in [3.8, 4) is 45.3 Å². The van der Waals surface area contributed by atoms with E-state index in [0.29, 0.717) is 6.42 Å². The maximum atomic E-state index is 9.72. The van der Waals surface area contributed by atoms with Gasteiger partial charge in [0.05, 0.1) is 14.2 Å². The molecular weight excluding hydrogens is 400 g/mol. The Balaban J connectivity index is 1.94. The van der Waals surface area contributed by atoms with Crippen LogP contribution in [0.5, 0.6) is 23.0 Å². The number of methoxy groups -OCH3 is 2. The topological polar surface area (TPSA) is 47.9 Å². The van der Waals surface area contributed by atoms with E-state index in [2.05, 4.69) is 12.1 Å². The highest BCUT2D eigenvalue weighted by Crippen LogP contribution is 2.44. The van der Waals surface area contributed by atoms with Gasteiger partial charge in [-0.2, -0.15) is 0 Å². The SMILES string of the molecule is COc1ccc(-c2ccc(CCO)c(-c3ccc(OC)cc3)c2Oc2ccccc2)cc1. The van der Waals surface area contributed by atoms with Crippen LogP contribution in [0.3, 0.4) is 0 Å². The minimum atomic E-state index is 0.0514. The minimum absolute atomic E-state index is 0.0514. The van der Waals surface area contributed by atoms with Gasteiger partial charge < -0.3 is 19.3 Å². The number of aliphatic hydroxyl groups is 1. The van der Waals surface area contributed by atoms with Crippen LogP contribution >= 0.6 is 0 Å². The highest BCUT2D eigenvalue weighted by atomic mass is 16.5.